The molecule has 2 unspecified atom stereocenters. The third-order valence-corrected chi connectivity index (χ3v) is 3.89. The number of nitrogens with one attached hydrogen (secondary N) is 1. The van der Waals surface area contributed by atoms with Crippen molar-refractivity contribution in [2.24, 2.45) is 7.05 Å². The number of aryl methyl sites for hydroxylation is 2. The molecular formula is C15H27N3O. The second kappa shape index (κ2) is 7.06. The van der Waals surface area contributed by atoms with E-state index in [1.54, 1.807) is 0 Å². The summed E-state index contributed by atoms with van der Waals surface area (Å²) in [6.45, 7) is 6.33. The first kappa shape index (κ1) is 14.5. The van der Waals surface area contributed by atoms with E-state index in [0.29, 0.717) is 12.1 Å². The lowest BCUT2D eigenvalue weighted by atomic mass is 10.0. The summed E-state index contributed by atoms with van der Waals surface area (Å²) in [6, 6.07) is 2.65. The average Bonchev–Trinajstić information content (AvgIpc) is 3.04. The molecule has 0 bridgehead atoms. The largest absolute Gasteiger partial charge is 0.377 e. The molecule has 0 aliphatic carbocycles. The first-order valence-electron chi connectivity index (χ1n) is 7.61. The normalized spacial score (nSPS) is 20.9. The highest BCUT2D eigenvalue weighted by Gasteiger charge is 2.26. The van der Waals surface area contributed by atoms with Crippen LogP contribution in [0.1, 0.15) is 44.5 Å². The Morgan fingerprint density at radius 3 is 2.95 bits per heavy atom. The van der Waals surface area contributed by atoms with Crippen LogP contribution in [0.5, 0.6) is 0 Å². The molecule has 0 spiro atoms. The first-order valence-corrected chi connectivity index (χ1v) is 7.61. The zero-order valence-electron chi connectivity index (χ0n) is 12.5. The summed E-state index contributed by atoms with van der Waals surface area (Å²) in [5.74, 6) is 0. The van der Waals surface area contributed by atoms with E-state index in [9.17, 15) is 0 Å². The van der Waals surface area contributed by atoms with Crippen LogP contribution in [0.4, 0.5) is 0 Å². The second-order valence-corrected chi connectivity index (χ2v) is 5.42. The number of ether oxygens (including phenoxy) is 1. The van der Waals surface area contributed by atoms with Crippen LogP contribution in [0.3, 0.4) is 0 Å². The predicted molar refractivity (Wildman–Crippen MR) is 77.3 cm³/mol. The molecule has 1 aromatic rings. The van der Waals surface area contributed by atoms with Gasteiger partial charge < -0.3 is 10.1 Å². The lowest BCUT2D eigenvalue weighted by Crippen LogP contribution is -2.42. The SMILES string of the molecule is CCCNC(Cc1cc(CC)nn1C)C1CCCO1. The van der Waals surface area contributed by atoms with E-state index in [-0.39, 0.29) is 0 Å². The number of hydrogen-bond acceptors (Lipinski definition) is 3. The van der Waals surface area contributed by atoms with Crippen LogP contribution in [0.25, 0.3) is 0 Å². The third-order valence-electron chi connectivity index (χ3n) is 3.89. The molecule has 4 heteroatoms. The summed E-state index contributed by atoms with van der Waals surface area (Å²) in [5.41, 5.74) is 2.49. The maximum atomic E-state index is 5.87. The van der Waals surface area contributed by atoms with Gasteiger partial charge in [0.25, 0.3) is 0 Å². The standard InChI is InChI=1S/C15H27N3O/c1-4-8-16-14(15-7-6-9-19-15)11-13-10-12(5-2)17-18(13)3/h10,14-16H,4-9,11H2,1-3H3. The zero-order valence-corrected chi connectivity index (χ0v) is 12.5. The zero-order chi connectivity index (χ0) is 13.7. The number of aromatic nitrogens is 2. The van der Waals surface area contributed by atoms with Crippen LogP contribution in [-0.2, 0) is 24.6 Å². The minimum atomic E-state index is 0.367. The Balaban J connectivity index is 2.02. The molecule has 1 fully saturated rings. The molecule has 1 saturated heterocycles. The van der Waals surface area contributed by atoms with Crippen molar-refractivity contribution in [3.05, 3.63) is 17.5 Å². The van der Waals surface area contributed by atoms with E-state index in [2.05, 4.69) is 30.3 Å². The Morgan fingerprint density at radius 2 is 2.37 bits per heavy atom. The second-order valence-electron chi connectivity index (χ2n) is 5.42. The number of nitrogens with zero attached hydrogens (tertiary/aromatic N) is 2. The van der Waals surface area contributed by atoms with Gasteiger partial charge in [-0.1, -0.05) is 13.8 Å². The van der Waals surface area contributed by atoms with Gasteiger partial charge >= 0.3 is 0 Å². The highest BCUT2D eigenvalue weighted by molar-refractivity contribution is 5.12. The van der Waals surface area contributed by atoms with Crippen molar-refractivity contribution in [3.63, 3.8) is 0 Å². The molecular weight excluding hydrogens is 238 g/mol. The molecule has 2 atom stereocenters. The van der Waals surface area contributed by atoms with E-state index in [1.807, 2.05) is 11.7 Å². The van der Waals surface area contributed by atoms with Crippen molar-refractivity contribution >= 4 is 0 Å². The fraction of sp³-hybridized carbons (Fsp3) is 0.800. The van der Waals surface area contributed by atoms with Crippen molar-refractivity contribution < 1.29 is 4.74 Å². The van der Waals surface area contributed by atoms with E-state index < -0.39 is 0 Å². The Hall–Kier alpha value is -0.870. The summed E-state index contributed by atoms with van der Waals surface area (Å²) in [4.78, 5) is 0. The van der Waals surface area contributed by atoms with Crippen molar-refractivity contribution in [3.8, 4) is 0 Å². The highest BCUT2D eigenvalue weighted by atomic mass is 16.5. The maximum absolute atomic E-state index is 5.87. The minimum Gasteiger partial charge on any atom is -0.377 e. The lowest BCUT2D eigenvalue weighted by Gasteiger charge is -2.24. The van der Waals surface area contributed by atoms with Crippen molar-refractivity contribution in [1.29, 1.82) is 0 Å². The monoisotopic (exact) mass is 265 g/mol. The summed E-state index contributed by atoms with van der Waals surface area (Å²) in [5, 5.41) is 8.19. The molecule has 1 N–H and O–H groups in total. The van der Waals surface area contributed by atoms with Gasteiger partial charge in [-0.25, -0.2) is 0 Å². The number of hydrogen-bond donors (Lipinski definition) is 1. The van der Waals surface area contributed by atoms with Gasteiger partial charge in [0.05, 0.1) is 11.8 Å². The summed E-state index contributed by atoms with van der Waals surface area (Å²) in [6.07, 6.45) is 5.91. The van der Waals surface area contributed by atoms with E-state index in [1.165, 1.54) is 24.2 Å². The van der Waals surface area contributed by atoms with Gasteiger partial charge in [0.15, 0.2) is 0 Å². The fourth-order valence-electron chi connectivity index (χ4n) is 2.75. The molecule has 0 amide bonds. The summed E-state index contributed by atoms with van der Waals surface area (Å²) < 4.78 is 7.89. The lowest BCUT2D eigenvalue weighted by molar-refractivity contribution is 0.0778. The van der Waals surface area contributed by atoms with Crippen molar-refractivity contribution in [2.45, 2.75) is 58.1 Å². The topological polar surface area (TPSA) is 39.1 Å². The minimum absolute atomic E-state index is 0.367. The van der Waals surface area contributed by atoms with Crippen LogP contribution in [0.2, 0.25) is 0 Å². The highest BCUT2D eigenvalue weighted by Crippen LogP contribution is 2.19. The van der Waals surface area contributed by atoms with Crippen molar-refractivity contribution in [2.75, 3.05) is 13.2 Å². The maximum Gasteiger partial charge on any atom is 0.0732 e. The third kappa shape index (κ3) is 3.80. The molecule has 0 radical (unpaired) electrons. The molecule has 0 aromatic carbocycles. The quantitative estimate of drug-likeness (QED) is 0.820. The van der Waals surface area contributed by atoms with Gasteiger partial charge in [-0.15, -0.1) is 0 Å². The Kier molecular flexibility index (Phi) is 5.40. The van der Waals surface area contributed by atoms with E-state index >= 15 is 0 Å². The van der Waals surface area contributed by atoms with Crippen LogP contribution >= 0.6 is 0 Å². The average molecular weight is 265 g/mol. The fourth-order valence-corrected chi connectivity index (χ4v) is 2.75. The van der Waals surface area contributed by atoms with Gasteiger partial charge in [0, 0.05) is 31.8 Å². The first-order chi connectivity index (χ1) is 9.24. The van der Waals surface area contributed by atoms with Crippen LogP contribution in [-0.4, -0.2) is 35.1 Å². The molecule has 0 saturated carbocycles. The van der Waals surface area contributed by atoms with Crippen LogP contribution in [0.15, 0.2) is 6.07 Å². The van der Waals surface area contributed by atoms with E-state index in [4.69, 9.17) is 4.74 Å². The van der Waals surface area contributed by atoms with E-state index in [0.717, 1.165) is 32.4 Å². The van der Waals surface area contributed by atoms with Gasteiger partial charge in [-0.2, -0.15) is 5.10 Å². The molecule has 1 aliphatic rings. The smallest absolute Gasteiger partial charge is 0.0732 e. The van der Waals surface area contributed by atoms with Gasteiger partial charge in [-0.3, -0.25) is 4.68 Å². The van der Waals surface area contributed by atoms with Gasteiger partial charge in [-0.05, 0) is 38.3 Å². The molecule has 19 heavy (non-hydrogen) atoms. The molecule has 1 aliphatic heterocycles. The van der Waals surface area contributed by atoms with Crippen LogP contribution in [0, 0.1) is 0 Å². The molecule has 2 heterocycles. The van der Waals surface area contributed by atoms with Gasteiger partial charge in [0.2, 0.25) is 0 Å². The van der Waals surface area contributed by atoms with Gasteiger partial charge in [0.1, 0.15) is 0 Å². The Morgan fingerprint density at radius 1 is 1.53 bits per heavy atom. The Bertz CT molecular complexity index is 383. The Labute approximate surface area is 116 Å². The molecule has 108 valence electrons. The van der Waals surface area contributed by atoms with Crippen molar-refractivity contribution in [1.82, 2.24) is 15.1 Å². The summed E-state index contributed by atoms with van der Waals surface area (Å²) >= 11 is 0. The van der Waals surface area contributed by atoms with Crippen LogP contribution < -0.4 is 5.32 Å². The molecule has 2 rings (SSSR count). The number of rotatable bonds is 7. The summed E-state index contributed by atoms with van der Waals surface area (Å²) in [7, 11) is 2.04. The molecule has 4 nitrogen and oxygen atoms in total. The predicted octanol–water partition coefficient (Wildman–Crippen LogP) is 2.07. The molecule has 1 aromatic heterocycles.